The van der Waals surface area contributed by atoms with Crippen molar-refractivity contribution in [2.45, 2.75) is 64.2 Å². The number of fused-ring (bicyclic) bond motifs is 1. The molecule has 2 heterocycles. The molecule has 4 unspecified atom stereocenters. The van der Waals surface area contributed by atoms with Crippen molar-refractivity contribution in [3.05, 3.63) is 80.0 Å². The number of hydrogen-bond acceptors (Lipinski definition) is 9. The lowest BCUT2D eigenvalue weighted by molar-refractivity contribution is -0.156. The molecule has 1 aromatic heterocycles. The molecule has 1 aliphatic heterocycles. The first-order valence-electron chi connectivity index (χ1n) is 13.2. The first-order chi connectivity index (χ1) is 19.8. The van der Waals surface area contributed by atoms with Crippen LogP contribution in [0.2, 0.25) is 0 Å². The maximum atomic E-state index is 14.1. The van der Waals surface area contributed by atoms with E-state index in [2.05, 4.69) is 26.0 Å². The van der Waals surface area contributed by atoms with Gasteiger partial charge in [-0.1, -0.05) is 52.3 Å². The second-order valence-corrected chi connectivity index (χ2v) is 12.9. The normalized spacial score (nSPS) is 21.3. The van der Waals surface area contributed by atoms with Crippen molar-refractivity contribution in [1.82, 2.24) is 14.6 Å². The maximum Gasteiger partial charge on any atom is 0.459 e. The van der Waals surface area contributed by atoms with Crippen LogP contribution >= 0.6 is 23.7 Å². The number of carbonyl (C=O) groups excluding carboxylic acids is 1. The Morgan fingerprint density at radius 3 is 2.69 bits per heavy atom. The summed E-state index contributed by atoms with van der Waals surface area (Å²) in [4.78, 5) is 40.9. The van der Waals surface area contributed by atoms with Gasteiger partial charge in [-0.25, -0.2) is 9.36 Å². The zero-order chi connectivity index (χ0) is 30.7. The largest absolute Gasteiger partial charge is 0.459 e. The Balaban J connectivity index is 1.56. The van der Waals surface area contributed by atoms with Gasteiger partial charge in [0, 0.05) is 18.0 Å². The number of rotatable bonds is 10. The number of H-pyrrole nitrogens is 1. The van der Waals surface area contributed by atoms with E-state index in [1.165, 1.54) is 24.2 Å². The maximum absolute atomic E-state index is 14.1. The number of aliphatic hydroxyl groups is 1. The van der Waals surface area contributed by atoms with Gasteiger partial charge in [-0.3, -0.25) is 23.7 Å². The molecule has 0 saturated carbocycles. The molecule has 4 rings (SSSR count). The van der Waals surface area contributed by atoms with E-state index >= 15 is 0 Å². The van der Waals surface area contributed by atoms with Crippen LogP contribution in [0.5, 0.6) is 5.75 Å². The summed E-state index contributed by atoms with van der Waals surface area (Å²) in [5.74, 6) is -0.422. The lowest BCUT2D eigenvalue weighted by atomic mass is 10.1. The fraction of sp³-hybridized carbons (Fsp3) is 0.393. The Kier molecular flexibility index (Phi) is 9.92. The molecule has 0 bridgehead atoms. The Labute approximate surface area is 250 Å². The summed E-state index contributed by atoms with van der Waals surface area (Å²) in [5.41, 5.74) is -1.89. The minimum atomic E-state index is -4.30. The third-order valence-corrected chi connectivity index (χ3v) is 8.14. The van der Waals surface area contributed by atoms with Crippen LogP contribution in [0.25, 0.3) is 16.8 Å². The monoisotopic (exact) mass is 665 g/mol. The molecule has 5 atom stereocenters. The van der Waals surface area contributed by atoms with Gasteiger partial charge < -0.3 is 19.1 Å². The molecule has 3 aromatic rings. The SMILES string of the molecule is C[C@H](NP(=O)(OCC1OC(n2cc(/C=C/Br)c(=O)[nH]c2=O)CC1O)Oc1cccc2ccccc12)C(=O)OC(C)(C)C. The Hall–Kier alpha value is -3.06. The Morgan fingerprint density at radius 2 is 1.98 bits per heavy atom. The summed E-state index contributed by atoms with van der Waals surface area (Å²) in [7, 11) is -4.30. The number of carbonyl (C=O) groups is 1. The molecule has 1 aliphatic rings. The highest BCUT2D eigenvalue weighted by molar-refractivity contribution is 9.11. The predicted octanol–water partition coefficient (Wildman–Crippen LogP) is 4.23. The molecule has 1 saturated heterocycles. The number of hydrogen-bond donors (Lipinski definition) is 3. The van der Waals surface area contributed by atoms with E-state index in [0.717, 1.165) is 9.95 Å². The van der Waals surface area contributed by atoms with Crippen molar-refractivity contribution >= 4 is 46.5 Å². The Bertz CT molecular complexity index is 1630. The van der Waals surface area contributed by atoms with Gasteiger partial charge in [-0.2, -0.15) is 5.09 Å². The van der Waals surface area contributed by atoms with Gasteiger partial charge in [-0.15, -0.1) is 0 Å². The van der Waals surface area contributed by atoms with Crippen LogP contribution < -0.4 is 20.9 Å². The van der Waals surface area contributed by atoms with Crippen molar-refractivity contribution in [2.24, 2.45) is 0 Å². The number of aromatic nitrogens is 2. The van der Waals surface area contributed by atoms with Gasteiger partial charge >= 0.3 is 19.4 Å². The minimum absolute atomic E-state index is 0.00628. The molecule has 0 spiro atoms. The van der Waals surface area contributed by atoms with Crippen molar-refractivity contribution < 1.29 is 33.0 Å². The number of aromatic amines is 1. The van der Waals surface area contributed by atoms with E-state index in [1.807, 2.05) is 18.2 Å². The van der Waals surface area contributed by atoms with E-state index in [-0.39, 0.29) is 17.7 Å². The predicted molar refractivity (Wildman–Crippen MR) is 160 cm³/mol. The number of halogens is 1. The lowest BCUT2D eigenvalue weighted by Crippen LogP contribution is -2.39. The third-order valence-electron chi connectivity index (χ3n) is 6.24. The van der Waals surface area contributed by atoms with Crippen LogP contribution in [0.3, 0.4) is 0 Å². The van der Waals surface area contributed by atoms with Gasteiger partial charge in [0.25, 0.3) is 5.56 Å². The molecule has 0 amide bonds. The lowest BCUT2D eigenvalue weighted by Gasteiger charge is -2.27. The molecular weight excluding hydrogens is 633 g/mol. The summed E-state index contributed by atoms with van der Waals surface area (Å²) in [6, 6.07) is 11.4. The summed E-state index contributed by atoms with van der Waals surface area (Å²) in [6.45, 7) is 6.18. The molecule has 12 nitrogen and oxygen atoms in total. The average Bonchev–Trinajstić information content (AvgIpc) is 3.28. The second-order valence-electron chi connectivity index (χ2n) is 10.7. The summed E-state index contributed by atoms with van der Waals surface area (Å²) < 4.78 is 38.2. The van der Waals surface area contributed by atoms with E-state index in [0.29, 0.717) is 5.39 Å². The molecule has 226 valence electrons. The van der Waals surface area contributed by atoms with Crippen molar-refractivity contribution in [3.63, 3.8) is 0 Å². The van der Waals surface area contributed by atoms with Crippen LogP contribution in [0.1, 0.15) is 45.9 Å². The fourth-order valence-corrected chi connectivity index (χ4v) is 6.09. The summed E-state index contributed by atoms with van der Waals surface area (Å²) >= 11 is 3.10. The fourth-order valence-electron chi connectivity index (χ4n) is 4.28. The number of benzene rings is 2. The van der Waals surface area contributed by atoms with Crippen molar-refractivity contribution in [3.8, 4) is 5.75 Å². The highest BCUT2D eigenvalue weighted by Crippen LogP contribution is 2.47. The number of nitrogens with one attached hydrogen (secondary N) is 2. The number of esters is 1. The first kappa shape index (κ1) is 31.9. The molecule has 42 heavy (non-hydrogen) atoms. The molecule has 14 heteroatoms. The summed E-state index contributed by atoms with van der Waals surface area (Å²) in [5, 5.41) is 14.9. The van der Waals surface area contributed by atoms with Crippen LogP contribution in [-0.2, 0) is 23.4 Å². The van der Waals surface area contributed by atoms with Gasteiger partial charge in [0.05, 0.1) is 18.3 Å². The van der Waals surface area contributed by atoms with Crippen LogP contribution in [0.15, 0.2) is 63.2 Å². The van der Waals surface area contributed by atoms with Crippen molar-refractivity contribution in [2.75, 3.05) is 6.61 Å². The van der Waals surface area contributed by atoms with Gasteiger partial charge in [-0.05, 0) is 50.2 Å². The third kappa shape index (κ3) is 7.85. The highest BCUT2D eigenvalue weighted by atomic mass is 79.9. The van der Waals surface area contributed by atoms with Crippen LogP contribution in [0, 0.1) is 0 Å². The number of ether oxygens (including phenoxy) is 2. The number of aliphatic hydroxyl groups excluding tert-OH is 1. The van der Waals surface area contributed by atoms with E-state index in [9.17, 15) is 24.1 Å². The molecular formula is C28H33BrN3O9P. The summed E-state index contributed by atoms with van der Waals surface area (Å²) in [6.07, 6.45) is -0.303. The van der Waals surface area contributed by atoms with Gasteiger partial charge in [0.15, 0.2) is 0 Å². The van der Waals surface area contributed by atoms with Crippen LogP contribution in [0.4, 0.5) is 0 Å². The molecule has 0 aliphatic carbocycles. The van der Waals surface area contributed by atoms with Crippen molar-refractivity contribution in [1.29, 1.82) is 0 Å². The minimum Gasteiger partial charge on any atom is -0.459 e. The average molecular weight is 666 g/mol. The first-order valence-corrected chi connectivity index (χ1v) is 15.6. The quantitative estimate of drug-likeness (QED) is 0.211. The Morgan fingerprint density at radius 1 is 1.26 bits per heavy atom. The smallest absolute Gasteiger partial charge is 0.459 e. The molecule has 0 radical (unpaired) electrons. The molecule has 3 N–H and O–H groups in total. The van der Waals surface area contributed by atoms with E-state index in [1.54, 1.807) is 45.0 Å². The zero-order valence-electron chi connectivity index (χ0n) is 23.5. The highest BCUT2D eigenvalue weighted by Gasteiger charge is 2.40. The number of nitrogens with zero attached hydrogens (tertiary/aromatic N) is 1. The molecule has 2 aromatic carbocycles. The second kappa shape index (κ2) is 13.1. The van der Waals surface area contributed by atoms with Crippen LogP contribution in [-0.4, -0.2) is 51.1 Å². The van der Waals surface area contributed by atoms with Gasteiger partial charge in [0.1, 0.15) is 29.7 Å². The topological polar surface area (TPSA) is 158 Å². The zero-order valence-corrected chi connectivity index (χ0v) is 26.0. The molecule has 1 fully saturated rings. The standard InChI is InChI=1S/C28H33BrN3O9P/c1-17(26(35)40-28(2,3)4)31-42(37,41-22-11-7-9-18-8-5-6-10-20(18)22)38-16-23-21(33)14-24(39-23)32-15-19(12-13-29)25(34)30-27(32)36/h5-13,15,17,21,23-24,33H,14,16H2,1-4H3,(H,31,37)(H,30,34,36)/b13-12+/t17-,21?,23?,24?,42?/m0/s1. The van der Waals surface area contributed by atoms with E-state index < -0.39 is 61.7 Å². The van der Waals surface area contributed by atoms with E-state index in [4.69, 9.17) is 18.5 Å². The van der Waals surface area contributed by atoms with Gasteiger partial charge in [0.2, 0.25) is 0 Å².